The Morgan fingerprint density at radius 3 is 1.75 bits per heavy atom. The second kappa shape index (κ2) is 5.10. The lowest BCUT2D eigenvalue weighted by molar-refractivity contribution is -0.143. The predicted molar refractivity (Wildman–Crippen MR) is 58.9 cm³/mol. The number of halogens is 7. The molecule has 0 bridgehead atoms. The first-order valence-electron chi connectivity index (χ1n) is 5.04. The second-order valence-corrected chi connectivity index (χ2v) is 6.33. The van der Waals surface area contributed by atoms with Crippen LogP contribution in [-0.4, -0.2) is 8.42 Å². The molecule has 10 heteroatoms. The minimum atomic E-state index is -5.13. The molecule has 0 fully saturated rings. The third kappa shape index (κ3) is 3.57. The second-order valence-electron chi connectivity index (χ2n) is 3.79. The Bertz CT molecular complexity index is 618. The molecule has 0 N–H and O–H groups in total. The summed E-state index contributed by atoms with van der Waals surface area (Å²) >= 11 is 0. The highest BCUT2D eigenvalue weighted by Crippen LogP contribution is 2.41. The van der Waals surface area contributed by atoms with Gasteiger partial charge in [0.2, 0.25) is 0 Å². The van der Waals surface area contributed by atoms with Gasteiger partial charge in [0.15, 0.2) is 0 Å². The number of benzene rings is 1. The summed E-state index contributed by atoms with van der Waals surface area (Å²) in [4.78, 5) is -1.60. The third-order valence-corrected chi connectivity index (χ3v) is 3.82. The Labute approximate surface area is 114 Å². The van der Waals surface area contributed by atoms with Crippen LogP contribution in [0.1, 0.15) is 23.6 Å². The van der Waals surface area contributed by atoms with Crippen molar-refractivity contribution in [2.75, 3.05) is 0 Å². The maximum Gasteiger partial charge on any atom is 0.417 e. The SMILES string of the molecule is CCc1cc(C(F)(F)F)c(S(=O)(=O)Cl)cc1C(F)(F)F. The summed E-state index contributed by atoms with van der Waals surface area (Å²) in [5.41, 5.74) is -3.82. The third-order valence-electron chi connectivity index (χ3n) is 2.46. The molecule has 0 spiro atoms. The van der Waals surface area contributed by atoms with Crippen molar-refractivity contribution in [3.63, 3.8) is 0 Å². The Morgan fingerprint density at radius 2 is 1.45 bits per heavy atom. The van der Waals surface area contributed by atoms with Crippen molar-refractivity contribution < 1.29 is 34.8 Å². The molecule has 0 aromatic heterocycles. The standard InChI is InChI=1S/C10H7ClF6O2S/c1-2-5-3-7(10(15,16)17)8(20(11,18)19)4-6(5)9(12,13)14/h3-4H,2H2,1H3. The molecule has 0 aliphatic heterocycles. The molecule has 1 aromatic carbocycles. The van der Waals surface area contributed by atoms with Crippen LogP contribution in [0.2, 0.25) is 0 Å². The van der Waals surface area contributed by atoms with E-state index in [1.54, 1.807) is 0 Å². The summed E-state index contributed by atoms with van der Waals surface area (Å²) < 4.78 is 98.4. The van der Waals surface area contributed by atoms with Crippen molar-refractivity contribution in [1.29, 1.82) is 0 Å². The van der Waals surface area contributed by atoms with Gasteiger partial charge in [-0.1, -0.05) is 6.92 Å². The molecule has 0 aliphatic carbocycles. The average Bonchev–Trinajstić information content (AvgIpc) is 2.23. The first-order chi connectivity index (χ1) is 8.78. The van der Waals surface area contributed by atoms with E-state index in [0.29, 0.717) is 0 Å². The zero-order chi connectivity index (χ0) is 15.9. The van der Waals surface area contributed by atoms with Gasteiger partial charge in [0.25, 0.3) is 9.05 Å². The van der Waals surface area contributed by atoms with E-state index in [2.05, 4.69) is 0 Å². The predicted octanol–water partition coefficient (Wildman–Crippen LogP) is 4.21. The zero-order valence-electron chi connectivity index (χ0n) is 9.73. The van der Waals surface area contributed by atoms with E-state index in [1.165, 1.54) is 6.92 Å². The van der Waals surface area contributed by atoms with Crippen molar-refractivity contribution in [3.05, 3.63) is 28.8 Å². The van der Waals surface area contributed by atoms with Gasteiger partial charge in [0, 0.05) is 10.7 Å². The highest BCUT2D eigenvalue weighted by atomic mass is 35.7. The molecule has 0 amide bonds. The van der Waals surface area contributed by atoms with Crippen LogP contribution in [0.15, 0.2) is 17.0 Å². The van der Waals surface area contributed by atoms with Gasteiger partial charge in [-0.2, -0.15) is 26.3 Å². The monoisotopic (exact) mass is 340 g/mol. The van der Waals surface area contributed by atoms with Gasteiger partial charge >= 0.3 is 12.4 Å². The van der Waals surface area contributed by atoms with Crippen molar-refractivity contribution in [1.82, 2.24) is 0 Å². The van der Waals surface area contributed by atoms with Crippen molar-refractivity contribution in [2.24, 2.45) is 0 Å². The summed E-state index contributed by atoms with van der Waals surface area (Å²) in [6.07, 6.45) is -10.5. The first-order valence-corrected chi connectivity index (χ1v) is 7.35. The quantitative estimate of drug-likeness (QED) is 0.597. The Kier molecular flexibility index (Phi) is 4.36. The largest absolute Gasteiger partial charge is 0.417 e. The van der Waals surface area contributed by atoms with Gasteiger partial charge in [0.1, 0.15) is 0 Å². The van der Waals surface area contributed by atoms with Crippen LogP contribution in [-0.2, 0) is 27.8 Å². The molecule has 0 aliphatic rings. The van der Waals surface area contributed by atoms with Crippen LogP contribution in [0.3, 0.4) is 0 Å². The van der Waals surface area contributed by atoms with Gasteiger partial charge in [-0.25, -0.2) is 8.42 Å². The minimum absolute atomic E-state index is 0.0794. The summed E-state index contributed by atoms with van der Waals surface area (Å²) in [5, 5.41) is 0. The van der Waals surface area contributed by atoms with Crippen molar-refractivity contribution >= 4 is 19.7 Å². The molecule has 0 atom stereocenters. The molecule has 1 rings (SSSR count). The molecule has 0 unspecified atom stereocenters. The van der Waals surface area contributed by atoms with Crippen molar-refractivity contribution in [3.8, 4) is 0 Å². The van der Waals surface area contributed by atoms with Crippen LogP contribution in [0.25, 0.3) is 0 Å². The number of hydrogen-bond acceptors (Lipinski definition) is 2. The molecule has 0 saturated heterocycles. The normalized spacial score (nSPS) is 13.6. The van der Waals surface area contributed by atoms with E-state index >= 15 is 0 Å². The van der Waals surface area contributed by atoms with Gasteiger partial charge in [-0.3, -0.25) is 0 Å². The summed E-state index contributed by atoms with van der Waals surface area (Å²) in [6.45, 7) is 1.22. The lowest BCUT2D eigenvalue weighted by Crippen LogP contribution is -2.16. The van der Waals surface area contributed by atoms with Gasteiger partial charge in [-0.05, 0) is 24.1 Å². The van der Waals surface area contributed by atoms with Gasteiger partial charge in [-0.15, -0.1) is 0 Å². The van der Waals surface area contributed by atoms with Crippen LogP contribution >= 0.6 is 10.7 Å². The molecular formula is C10H7ClF6O2S. The maximum absolute atomic E-state index is 12.7. The Hall–Kier alpha value is -0.960. The molecule has 20 heavy (non-hydrogen) atoms. The number of hydrogen-bond donors (Lipinski definition) is 0. The zero-order valence-corrected chi connectivity index (χ0v) is 11.3. The molecule has 0 radical (unpaired) electrons. The molecule has 114 valence electrons. The highest BCUT2D eigenvalue weighted by Gasteiger charge is 2.41. The summed E-state index contributed by atoms with van der Waals surface area (Å²) in [5.74, 6) is 0. The van der Waals surface area contributed by atoms with Crippen LogP contribution in [0, 0.1) is 0 Å². The number of aryl methyl sites for hydroxylation is 1. The lowest BCUT2D eigenvalue weighted by atomic mass is 10.0. The van der Waals surface area contributed by atoms with Crippen LogP contribution in [0.4, 0.5) is 26.3 Å². The smallest absolute Gasteiger partial charge is 0.207 e. The molecule has 2 nitrogen and oxygen atoms in total. The number of rotatable bonds is 2. The fourth-order valence-electron chi connectivity index (χ4n) is 1.60. The van der Waals surface area contributed by atoms with E-state index in [9.17, 15) is 34.8 Å². The lowest BCUT2D eigenvalue weighted by Gasteiger charge is -2.17. The Morgan fingerprint density at radius 1 is 1.00 bits per heavy atom. The fourth-order valence-corrected chi connectivity index (χ4v) is 2.68. The maximum atomic E-state index is 12.7. The van der Waals surface area contributed by atoms with Crippen LogP contribution < -0.4 is 0 Å². The molecule has 1 aromatic rings. The average molecular weight is 341 g/mol. The first kappa shape index (κ1) is 17.1. The highest BCUT2D eigenvalue weighted by molar-refractivity contribution is 8.13. The van der Waals surface area contributed by atoms with E-state index < -0.39 is 43.0 Å². The topological polar surface area (TPSA) is 34.1 Å². The Balaban J connectivity index is 3.82. The molecule has 0 saturated carbocycles. The molecular weight excluding hydrogens is 334 g/mol. The van der Waals surface area contributed by atoms with E-state index in [0.717, 1.165) is 0 Å². The van der Waals surface area contributed by atoms with Gasteiger partial charge < -0.3 is 0 Å². The van der Waals surface area contributed by atoms with Gasteiger partial charge in [0.05, 0.1) is 16.0 Å². The van der Waals surface area contributed by atoms with Crippen LogP contribution in [0.5, 0.6) is 0 Å². The van der Waals surface area contributed by atoms with E-state index in [4.69, 9.17) is 10.7 Å². The number of alkyl halides is 6. The van der Waals surface area contributed by atoms with Crippen molar-refractivity contribution in [2.45, 2.75) is 30.6 Å². The fraction of sp³-hybridized carbons (Fsp3) is 0.400. The van der Waals surface area contributed by atoms with E-state index in [-0.39, 0.29) is 18.6 Å². The molecule has 0 heterocycles. The summed E-state index contributed by atoms with van der Waals surface area (Å²) in [6, 6.07) is 0.0854. The summed E-state index contributed by atoms with van der Waals surface area (Å²) in [7, 11) is -0.180. The van der Waals surface area contributed by atoms with E-state index in [1.807, 2.05) is 0 Å². The minimum Gasteiger partial charge on any atom is -0.207 e.